The van der Waals surface area contributed by atoms with E-state index in [0.29, 0.717) is 16.6 Å². The summed E-state index contributed by atoms with van der Waals surface area (Å²) in [6.07, 6.45) is 5.61. The van der Waals surface area contributed by atoms with Gasteiger partial charge in [0.05, 0.1) is 17.6 Å². The van der Waals surface area contributed by atoms with E-state index in [2.05, 4.69) is 30.8 Å². The van der Waals surface area contributed by atoms with Gasteiger partial charge in [-0.05, 0) is 19.1 Å². The first-order valence-electron chi connectivity index (χ1n) is 6.55. The zero-order valence-electron chi connectivity index (χ0n) is 12.2. The highest BCUT2D eigenvalue weighted by Crippen LogP contribution is 2.09. The molecular formula is C14H13ClN6O2. The number of carbonyl (C=O) groups is 2. The monoisotopic (exact) mass is 332 g/mol. The number of hydrogen-bond donors (Lipinski definition) is 2. The van der Waals surface area contributed by atoms with Gasteiger partial charge in [0.25, 0.3) is 5.91 Å². The highest BCUT2D eigenvalue weighted by molar-refractivity contribution is 6.30. The number of nitrogens with zero attached hydrogens (tertiary/aromatic N) is 4. The van der Waals surface area contributed by atoms with Gasteiger partial charge < -0.3 is 5.32 Å². The Morgan fingerprint density at radius 1 is 1.22 bits per heavy atom. The first-order valence-corrected chi connectivity index (χ1v) is 6.93. The van der Waals surface area contributed by atoms with Crippen molar-refractivity contribution in [1.29, 1.82) is 0 Å². The summed E-state index contributed by atoms with van der Waals surface area (Å²) < 4.78 is 0. The number of nitrogens with one attached hydrogen (secondary N) is 2. The molecule has 0 aliphatic heterocycles. The summed E-state index contributed by atoms with van der Waals surface area (Å²) in [7, 11) is 0. The smallest absolute Gasteiger partial charge is 0.291 e. The van der Waals surface area contributed by atoms with E-state index in [-0.39, 0.29) is 18.0 Å². The van der Waals surface area contributed by atoms with E-state index < -0.39 is 5.91 Å². The first kappa shape index (κ1) is 16.5. The molecule has 0 fully saturated rings. The number of pyridine rings is 1. The molecule has 0 atom stereocenters. The standard InChI is InChI=1S/C14H13ClN6O2/c1-9(20-21-14(23)11-8-16-4-5-17-11)6-13(22)19-12-3-2-10(15)7-18-12/h2-5,7-8H,6H2,1H3,(H,21,23)(H,18,19,22)/b20-9+. The fourth-order valence-corrected chi connectivity index (χ4v) is 1.64. The first-order chi connectivity index (χ1) is 11.0. The molecule has 9 heteroatoms. The predicted octanol–water partition coefficient (Wildman–Crippen LogP) is 1.66. The molecule has 0 radical (unpaired) electrons. The third-order valence-corrected chi connectivity index (χ3v) is 2.78. The maximum Gasteiger partial charge on any atom is 0.291 e. The molecule has 0 aliphatic rings. The van der Waals surface area contributed by atoms with Crippen LogP contribution in [0.4, 0.5) is 5.82 Å². The molecule has 8 nitrogen and oxygen atoms in total. The average Bonchev–Trinajstić information content (AvgIpc) is 2.55. The Morgan fingerprint density at radius 2 is 2.04 bits per heavy atom. The minimum Gasteiger partial charge on any atom is -0.310 e. The Hall–Kier alpha value is -2.87. The summed E-state index contributed by atoms with van der Waals surface area (Å²) in [4.78, 5) is 35.1. The van der Waals surface area contributed by atoms with Crippen LogP contribution in [0.25, 0.3) is 0 Å². The molecule has 23 heavy (non-hydrogen) atoms. The normalized spacial score (nSPS) is 11.0. The summed E-state index contributed by atoms with van der Waals surface area (Å²) in [5.41, 5.74) is 2.87. The Bertz CT molecular complexity index is 718. The summed E-state index contributed by atoms with van der Waals surface area (Å²) in [5, 5.41) is 6.92. The maximum absolute atomic E-state index is 11.8. The van der Waals surface area contributed by atoms with Crippen molar-refractivity contribution in [2.45, 2.75) is 13.3 Å². The quantitative estimate of drug-likeness (QED) is 0.639. The van der Waals surface area contributed by atoms with Gasteiger partial charge in [-0.25, -0.2) is 15.4 Å². The molecule has 2 amide bonds. The molecule has 0 spiro atoms. The second-order valence-electron chi connectivity index (χ2n) is 4.47. The molecule has 2 aromatic heterocycles. The van der Waals surface area contributed by atoms with Gasteiger partial charge in [-0.15, -0.1) is 0 Å². The van der Waals surface area contributed by atoms with Crippen LogP contribution in [-0.2, 0) is 4.79 Å². The maximum atomic E-state index is 11.8. The van der Waals surface area contributed by atoms with Crippen LogP contribution in [0.5, 0.6) is 0 Å². The average molecular weight is 333 g/mol. The van der Waals surface area contributed by atoms with Crippen molar-refractivity contribution in [3.63, 3.8) is 0 Å². The van der Waals surface area contributed by atoms with Gasteiger partial charge >= 0.3 is 0 Å². The van der Waals surface area contributed by atoms with Gasteiger partial charge in [0.15, 0.2) is 0 Å². The van der Waals surface area contributed by atoms with Gasteiger partial charge in [-0.1, -0.05) is 11.6 Å². The van der Waals surface area contributed by atoms with Gasteiger partial charge in [0, 0.05) is 24.3 Å². The van der Waals surface area contributed by atoms with E-state index in [4.69, 9.17) is 11.6 Å². The van der Waals surface area contributed by atoms with Crippen molar-refractivity contribution in [3.8, 4) is 0 Å². The third kappa shape index (κ3) is 5.44. The molecule has 0 aliphatic carbocycles. The lowest BCUT2D eigenvalue weighted by Gasteiger charge is -2.04. The summed E-state index contributed by atoms with van der Waals surface area (Å²) in [6.45, 7) is 1.62. The Morgan fingerprint density at radius 3 is 2.70 bits per heavy atom. The third-order valence-electron chi connectivity index (χ3n) is 2.56. The van der Waals surface area contributed by atoms with Crippen LogP contribution < -0.4 is 10.7 Å². The van der Waals surface area contributed by atoms with E-state index >= 15 is 0 Å². The van der Waals surface area contributed by atoms with Crippen LogP contribution in [0.3, 0.4) is 0 Å². The topological polar surface area (TPSA) is 109 Å². The second-order valence-corrected chi connectivity index (χ2v) is 4.90. The molecular weight excluding hydrogens is 320 g/mol. The Labute approximate surface area is 137 Å². The molecule has 118 valence electrons. The molecule has 0 aromatic carbocycles. The highest BCUT2D eigenvalue weighted by Gasteiger charge is 2.08. The van der Waals surface area contributed by atoms with Crippen molar-refractivity contribution in [3.05, 3.63) is 47.6 Å². The van der Waals surface area contributed by atoms with Gasteiger partial charge in [-0.3, -0.25) is 14.6 Å². The van der Waals surface area contributed by atoms with Crippen molar-refractivity contribution in [2.24, 2.45) is 5.10 Å². The number of aromatic nitrogens is 3. The number of hydrazone groups is 1. The van der Waals surface area contributed by atoms with Crippen LogP contribution >= 0.6 is 11.6 Å². The van der Waals surface area contributed by atoms with E-state index in [0.717, 1.165) is 0 Å². The largest absolute Gasteiger partial charge is 0.310 e. The predicted molar refractivity (Wildman–Crippen MR) is 85.1 cm³/mol. The highest BCUT2D eigenvalue weighted by atomic mass is 35.5. The van der Waals surface area contributed by atoms with Crippen LogP contribution in [0.1, 0.15) is 23.8 Å². The van der Waals surface area contributed by atoms with Crippen LogP contribution in [0.2, 0.25) is 5.02 Å². The van der Waals surface area contributed by atoms with Crippen molar-refractivity contribution >= 4 is 34.9 Å². The van der Waals surface area contributed by atoms with Gasteiger partial charge in [-0.2, -0.15) is 5.10 Å². The number of anilines is 1. The molecule has 0 saturated carbocycles. The summed E-state index contributed by atoms with van der Waals surface area (Å²) >= 11 is 5.71. The van der Waals surface area contributed by atoms with Gasteiger partial charge in [0.1, 0.15) is 11.5 Å². The molecule has 0 bridgehead atoms. The molecule has 2 aromatic rings. The van der Waals surface area contributed by atoms with E-state index in [1.807, 2.05) is 0 Å². The van der Waals surface area contributed by atoms with E-state index in [1.165, 1.54) is 24.8 Å². The number of rotatable bonds is 5. The second kappa shape index (κ2) is 7.95. The lowest BCUT2D eigenvalue weighted by atomic mass is 10.3. The lowest BCUT2D eigenvalue weighted by molar-refractivity contribution is -0.115. The van der Waals surface area contributed by atoms with E-state index in [1.54, 1.807) is 19.1 Å². The molecule has 2 rings (SSSR count). The molecule has 0 saturated heterocycles. The van der Waals surface area contributed by atoms with Crippen LogP contribution in [0.15, 0.2) is 42.0 Å². The Kier molecular flexibility index (Phi) is 5.70. The zero-order valence-corrected chi connectivity index (χ0v) is 12.9. The number of halogens is 1. The molecule has 2 heterocycles. The van der Waals surface area contributed by atoms with Crippen LogP contribution in [-0.4, -0.2) is 32.5 Å². The lowest BCUT2D eigenvalue weighted by Crippen LogP contribution is -2.22. The van der Waals surface area contributed by atoms with Crippen molar-refractivity contribution in [2.75, 3.05) is 5.32 Å². The zero-order chi connectivity index (χ0) is 16.7. The fourth-order valence-electron chi connectivity index (χ4n) is 1.53. The number of carbonyl (C=O) groups excluding carboxylic acids is 2. The minimum absolute atomic E-state index is 0.00501. The minimum atomic E-state index is -0.503. The van der Waals surface area contributed by atoms with Gasteiger partial charge in [0.2, 0.25) is 5.91 Å². The SMILES string of the molecule is C/C(CC(=O)Nc1ccc(Cl)cn1)=N\NC(=O)c1cnccn1. The summed E-state index contributed by atoms with van der Waals surface area (Å²) in [5.74, 6) is -0.428. The number of amides is 2. The van der Waals surface area contributed by atoms with Crippen molar-refractivity contribution < 1.29 is 9.59 Å². The molecule has 2 N–H and O–H groups in total. The van der Waals surface area contributed by atoms with Crippen molar-refractivity contribution in [1.82, 2.24) is 20.4 Å². The number of hydrogen-bond acceptors (Lipinski definition) is 6. The van der Waals surface area contributed by atoms with Crippen LogP contribution in [0, 0.1) is 0 Å². The molecule has 0 unspecified atom stereocenters. The fraction of sp³-hybridized carbons (Fsp3) is 0.143. The summed E-state index contributed by atoms with van der Waals surface area (Å²) in [6, 6.07) is 3.20. The van der Waals surface area contributed by atoms with E-state index in [9.17, 15) is 9.59 Å². The Balaban J connectivity index is 1.85.